The molecular formula is C24H29N7O. The fourth-order valence-electron chi connectivity index (χ4n) is 6.29. The van der Waals surface area contributed by atoms with Crippen molar-refractivity contribution in [1.29, 1.82) is 5.26 Å². The first-order chi connectivity index (χ1) is 15.6. The number of fused-ring (bicyclic) bond motifs is 3. The third-order valence-electron chi connectivity index (χ3n) is 7.74. The predicted octanol–water partition coefficient (Wildman–Crippen LogP) is 2.71. The molecule has 0 amide bonds. The van der Waals surface area contributed by atoms with Crippen molar-refractivity contribution in [1.82, 2.24) is 24.3 Å². The molecule has 0 unspecified atom stereocenters. The Morgan fingerprint density at radius 2 is 1.91 bits per heavy atom. The molecule has 3 aromatic heterocycles. The fraction of sp³-hybridized carbons (Fsp3) is 0.542. The van der Waals surface area contributed by atoms with E-state index >= 15 is 0 Å². The Kier molecular flexibility index (Phi) is 4.52. The molecule has 0 radical (unpaired) electrons. The van der Waals surface area contributed by atoms with Crippen molar-refractivity contribution < 1.29 is 4.74 Å². The normalized spacial score (nSPS) is 29.9. The number of aromatic nitrogens is 4. The van der Waals surface area contributed by atoms with E-state index in [2.05, 4.69) is 44.4 Å². The Labute approximate surface area is 188 Å². The molecule has 2 aliphatic heterocycles. The number of hydrogen-bond acceptors (Lipinski definition) is 6. The highest BCUT2D eigenvalue weighted by Gasteiger charge is 2.53. The lowest BCUT2D eigenvalue weighted by molar-refractivity contribution is -0.0365. The van der Waals surface area contributed by atoms with Crippen LogP contribution in [0.5, 0.6) is 0 Å². The minimum absolute atomic E-state index is 0.276. The lowest BCUT2D eigenvalue weighted by Gasteiger charge is -2.53. The van der Waals surface area contributed by atoms with Gasteiger partial charge in [-0.25, -0.2) is 4.52 Å². The topological polar surface area (TPSA) is 74.6 Å². The average Bonchev–Trinajstić information content (AvgIpc) is 3.45. The Balaban J connectivity index is 1.23. The van der Waals surface area contributed by atoms with Gasteiger partial charge in [-0.3, -0.25) is 9.58 Å². The minimum atomic E-state index is -0.276. The number of anilines is 1. The number of nitrogens with zero attached hydrogens (tertiary/aromatic N) is 7. The zero-order valence-corrected chi connectivity index (χ0v) is 18.7. The van der Waals surface area contributed by atoms with E-state index in [9.17, 15) is 5.26 Å². The van der Waals surface area contributed by atoms with Crippen LogP contribution in [0.1, 0.15) is 25.7 Å². The Morgan fingerprint density at radius 3 is 2.56 bits per heavy atom. The van der Waals surface area contributed by atoms with Crippen molar-refractivity contribution in [2.45, 2.75) is 43.8 Å². The van der Waals surface area contributed by atoms with Gasteiger partial charge in [0, 0.05) is 75.1 Å². The van der Waals surface area contributed by atoms with Gasteiger partial charge in [0.25, 0.3) is 0 Å². The van der Waals surface area contributed by atoms with E-state index < -0.39 is 0 Å². The van der Waals surface area contributed by atoms with Gasteiger partial charge < -0.3 is 9.64 Å². The summed E-state index contributed by atoms with van der Waals surface area (Å²) in [5.74, 6) is 0. The molecule has 6 rings (SSSR count). The van der Waals surface area contributed by atoms with E-state index in [4.69, 9.17) is 4.74 Å². The summed E-state index contributed by atoms with van der Waals surface area (Å²) in [6.45, 7) is 2.62. The highest BCUT2D eigenvalue weighted by atomic mass is 16.5. The molecule has 3 aliphatic rings. The van der Waals surface area contributed by atoms with Crippen LogP contribution in [0.15, 0.2) is 36.9 Å². The Morgan fingerprint density at radius 1 is 1.12 bits per heavy atom. The number of nitriles is 1. The molecule has 2 atom stereocenters. The molecule has 0 aromatic carbocycles. The second-order valence-corrected chi connectivity index (χ2v) is 9.80. The maximum Gasteiger partial charge on any atom is 0.0886 e. The van der Waals surface area contributed by atoms with Crippen LogP contribution in [0.3, 0.4) is 0 Å². The van der Waals surface area contributed by atoms with Crippen LogP contribution in [-0.2, 0) is 11.8 Å². The predicted molar refractivity (Wildman–Crippen MR) is 121 cm³/mol. The maximum absolute atomic E-state index is 9.64. The van der Waals surface area contributed by atoms with Gasteiger partial charge >= 0.3 is 0 Å². The molecule has 3 aromatic rings. The first-order valence-corrected chi connectivity index (χ1v) is 11.5. The molecular weight excluding hydrogens is 402 g/mol. The highest BCUT2D eigenvalue weighted by Crippen LogP contribution is 2.48. The van der Waals surface area contributed by atoms with Crippen LogP contribution in [0.4, 0.5) is 5.69 Å². The standard InChI is InChI=1S/C24H29N7O/c1-28-11-18(10-27-28)17-7-23-22(5-6-26-30(23)12-17)29-13-19-3-4-20(14-29)31(19)21-8-24(9-21,15-25)16-32-2/h5-7,10-12,19-21H,3-4,8-9,13-14,16H2,1-2H3/t19-,20-,21?,24?/m1/s1. The zero-order valence-electron chi connectivity index (χ0n) is 18.7. The van der Waals surface area contributed by atoms with Crippen LogP contribution in [0.2, 0.25) is 0 Å². The van der Waals surface area contributed by atoms with Crippen molar-refractivity contribution in [2.24, 2.45) is 12.5 Å². The van der Waals surface area contributed by atoms with E-state index in [-0.39, 0.29) is 5.41 Å². The maximum atomic E-state index is 9.64. The SMILES string of the molecule is COCC1(C#N)CC(N2[C@@H]3CC[C@@H]2CN(c2ccnn4cc(-c5cnn(C)c5)cc24)C3)C1. The van der Waals surface area contributed by atoms with E-state index in [1.54, 1.807) is 7.11 Å². The quantitative estimate of drug-likeness (QED) is 0.618. The van der Waals surface area contributed by atoms with Crippen LogP contribution < -0.4 is 4.90 Å². The molecule has 8 heteroatoms. The van der Waals surface area contributed by atoms with Crippen LogP contribution >= 0.6 is 0 Å². The van der Waals surface area contributed by atoms with E-state index in [1.165, 1.54) is 18.5 Å². The lowest BCUT2D eigenvalue weighted by atomic mass is 9.66. The fourth-order valence-corrected chi connectivity index (χ4v) is 6.29. The number of piperazine rings is 1. The molecule has 32 heavy (non-hydrogen) atoms. The van der Waals surface area contributed by atoms with E-state index in [0.29, 0.717) is 24.7 Å². The van der Waals surface area contributed by atoms with Crippen molar-refractivity contribution in [3.63, 3.8) is 0 Å². The second kappa shape index (κ2) is 7.32. The zero-order chi connectivity index (χ0) is 21.9. The van der Waals surface area contributed by atoms with Gasteiger partial charge in [0.1, 0.15) is 0 Å². The smallest absolute Gasteiger partial charge is 0.0886 e. The van der Waals surface area contributed by atoms with Crippen molar-refractivity contribution >= 4 is 11.2 Å². The molecule has 166 valence electrons. The summed E-state index contributed by atoms with van der Waals surface area (Å²) < 4.78 is 9.15. The molecule has 0 N–H and O–H groups in total. The molecule has 2 saturated heterocycles. The summed E-state index contributed by atoms with van der Waals surface area (Å²) in [7, 11) is 3.64. The minimum Gasteiger partial charge on any atom is -0.383 e. The summed E-state index contributed by atoms with van der Waals surface area (Å²) in [6, 6.07) is 8.54. The van der Waals surface area contributed by atoms with Crippen molar-refractivity contribution in [3.05, 3.63) is 36.9 Å². The molecule has 0 spiro atoms. The first kappa shape index (κ1) is 19.8. The summed E-state index contributed by atoms with van der Waals surface area (Å²) in [5.41, 5.74) is 4.37. The second-order valence-electron chi connectivity index (χ2n) is 9.80. The third-order valence-corrected chi connectivity index (χ3v) is 7.74. The molecule has 1 saturated carbocycles. The largest absolute Gasteiger partial charge is 0.383 e. The van der Waals surface area contributed by atoms with Gasteiger partial charge in [-0.1, -0.05) is 0 Å². The van der Waals surface area contributed by atoms with Gasteiger partial charge in [0.2, 0.25) is 0 Å². The summed E-state index contributed by atoms with van der Waals surface area (Å²) in [6.07, 6.45) is 12.3. The third kappa shape index (κ3) is 3.03. The Hall–Kier alpha value is -2.89. The first-order valence-electron chi connectivity index (χ1n) is 11.5. The van der Waals surface area contributed by atoms with Crippen molar-refractivity contribution in [3.8, 4) is 17.2 Å². The molecule has 1 aliphatic carbocycles. The lowest BCUT2D eigenvalue weighted by Crippen LogP contribution is -2.62. The number of methoxy groups -OCH3 is 1. The van der Waals surface area contributed by atoms with Crippen LogP contribution in [0, 0.1) is 16.7 Å². The Bertz CT molecular complexity index is 1170. The monoisotopic (exact) mass is 431 g/mol. The number of rotatable bonds is 5. The van der Waals surface area contributed by atoms with Crippen LogP contribution in [0.25, 0.3) is 16.6 Å². The van der Waals surface area contributed by atoms with Gasteiger partial charge in [-0.15, -0.1) is 0 Å². The van der Waals surface area contributed by atoms with Gasteiger partial charge in [0.15, 0.2) is 0 Å². The summed E-state index contributed by atoms with van der Waals surface area (Å²) in [5, 5.41) is 18.5. The van der Waals surface area contributed by atoms with Gasteiger partial charge in [-0.05, 0) is 37.8 Å². The molecule has 3 fully saturated rings. The van der Waals surface area contributed by atoms with E-state index in [0.717, 1.165) is 42.6 Å². The number of ether oxygens (including phenoxy) is 1. The summed E-state index contributed by atoms with van der Waals surface area (Å²) >= 11 is 0. The van der Waals surface area contributed by atoms with Crippen LogP contribution in [-0.4, -0.2) is 69.2 Å². The average molecular weight is 432 g/mol. The van der Waals surface area contributed by atoms with Gasteiger partial charge in [-0.2, -0.15) is 15.5 Å². The molecule has 5 heterocycles. The summed E-state index contributed by atoms with van der Waals surface area (Å²) in [4.78, 5) is 5.29. The number of hydrogen-bond donors (Lipinski definition) is 0. The molecule has 2 bridgehead atoms. The number of aryl methyl sites for hydroxylation is 1. The van der Waals surface area contributed by atoms with Gasteiger partial charge in [0.05, 0.1) is 35.5 Å². The molecule has 8 nitrogen and oxygen atoms in total. The van der Waals surface area contributed by atoms with Crippen molar-refractivity contribution in [2.75, 3.05) is 31.7 Å². The highest BCUT2D eigenvalue weighted by molar-refractivity contribution is 5.79. The van der Waals surface area contributed by atoms with E-state index in [1.807, 2.05) is 34.8 Å².